The minimum atomic E-state index is -0.0642. The Kier molecular flexibility index (Phi) is 3.63. The lowest BCUT2D eigenvalue weighted by Crippen LogP contribution is -2.19. The minimum Gasteiger partial charge on any atom is -0.505 e. The van der Waals surface area contributed by atoms with Crippen LogP contribution in [0.4, 0.5) is 0 Å². The molecule has 0 saturated heterocycles. The maximum atomic E-state index is 9.47. The average molecular weight is 260 g/mol. The molecule has 1 aromatic rings. The van der Waals surface area contributed by atoms with Crippen LogP contribution in [0.3, 0.4) is 0 Å². The van der Waals surface area contributed by atoms with Crippen LogP contribution < -0.4 is 5.73 Å². The van der Waals surface area contributed by atoms with Gasteiger partial charge in [-0.25, -0.2) is 0 Å². The fraction of sp³-hybridized carbons (Fsp3) is 0.500. The summed E-state index contributed by atoms with van der Waals surface area (Å²) in [5.74, 6) is 0.447. The second kappa shape index (κ2) is 4.82. The molecule has 0 spiro atoms. The summed E-state index contributed by atoms with van der Waals surface area (Å²) in [4.78, 5) is 0. The summed E-state index contributed by atoms with van der Waals surface area (Å²) in [5.41, 5.74) is 7.11. The van der Waals surface area contributed by atoms with E-state index in [-0.39, 0.29) is 21.8 Å². The largest absolute Gasteiger partial charge is 0.505 e. The van der Waals surface area contributed by atoms with Crippen LogP contribution in [0.5, 0.6) is 5.75 Å². The summed E-state index contributed by atoms with van der Waals surface area (Å²) in [6, 6.07) is 3.40. The monoisotopic (exact) mass is 259 g/mol. The summed E-state index contributed by atoms with van der Waals surface area (Å²) in [5, 5.41) is 10.0. The first-order chi connectivity index (χ1) is 7.59. The summed E-state index contributed by atoms with van der Waals surface area (Å²) >= 11 is 11.8. The summed E-state index contributed by atoms with van der Waals surface area (Å²) in [7, 11) is 0. The molecule has 0 radical (unpaired) electrons. The number of phenols is 1. The van der Waals surface area contributed by atoms with Gasteiger partial charge in [0.15, 0.2) is 5.75 Å². The van der Waals surface area contributed by atoms with Gasteiger partial charge in [-0.2, -0.15) is 0 Å². The number of nitrogens with two attached hydrogens (primary N) is 1. The Labute approximate surface area is 105 Å². The van der Waals surface area contributed by atoms with Gasteiger partial charge in [0, 0.05) is 6.04 Å². The van der Waals surface area contributed by atoms with Gasteiger partial charge in [-0.3, -0.25) is 0 Å². The quantitative estimate of drug-likeness (QED) is 0.847. The van der Waals surface area contributed by atoms with E-state index < -0.39 is 0 Å². The summed E-state index contributed by atoms with van der Waals surface area (Å²) in [6.07, 6.45) is 4.82. The van der Waals surface area contributed by atoms with Gasteiger partial charge in [-0.05, 0) is 36.5 Å². The highest BCUT2D eigenvalue weighted by Gasteiger charge is 2.24. The molecule has 0 aromatic heterocycles. The molecular formula is C12H15Cl2NO. The summed E-state index contributed by atoms with van der Waals surface area (Å²) in [6.45, 7) is 0. The smallest absolute Gasteiger partial charge is 0.152 e. The van der Waals surface area contributed by atoms with Gasteiger partial charge in [-0.15, -0.1) is 0 Å². The molecule has 88 valence electrons. The molecule has 1 fully saturated rings. The summed E-state index contributed by atoms with van der Waals surface area (Å²) < 4.78 is 0. The third-order valence-corrected chi connectivity index (χ3v) is 3.91. The highest BCUT2D eigenvalue weighted by molar-refractivity contribution is 6.37. The van der Waals surface area contributed by atoms with Crippen molar-refractivity contribution in [3.05, 3.63) is 27.7 Å². The number of benzene rings is 1. The second-order valence-electron chi connectivity index (χ2n) is 4.40. The van der Waals surface area contributed by atoms with Crippen molar-refractivity contribution in [1.29, 1.82) is 0 Å². The van der Waals surface area contributed by atoms with Gasteiger partial charge < -0.3 is 10.8 Å². The molecule has 1 aromatic carbocycles. The fourth-order valence-corrected chi connectivity index (χ4v) is 2.87. The Morgan fingerprint density at radius 3 is 2.19 bits per heavy atom. The van der Waals surface area contributed by atoms with Crippen LogP contribution in [0.15, 0.2) is 12.1 Å². The molecule has 16 heavy (non-hydrogen) atoms. The van der Waals surface area contributed by atoms with Crippen molar-refractivity contribution >= 4 is 23.2 Å². The topological polar surface area (TPSA) is 46.2 Å². The van der Waals surface area contributed by atoms with Crippen LogP contribution in [0.2, 0.25) is 10.0 Å². The lowest BCUT2D eigenvalue weighted by atomic mass is 9.92. The van der Waals surface area contributed by atoms with Crippen LogP contribution in [0, 0.1) is 5.92 Å². The Hall–Kier alpha value is -0.440. The van der Waals surface area contributed by atoms with Crippen LogP contribution in [-0.2, 0) is 0 Å². The Morgan fingerprint density at radius 2 is 1.69 bits per heavy atom. The van der Waals surface area contributed by atoms with Gasteiger partial charge >= 0.3 is 0 Å². The third-order valence-electron chi connectivity index (χ3n) is 3.33. The number of halogens is 2. The first kappa shape index (κ1) is 12.0. The Balaban J connectivity index is 2.26. The zero-order valence-corrected chi connectivity index (χ0v) is 10.4. The van der Waals surface area contributed by atoms with E-state index in [1.165, 1.54) is 12.8 Å². The molecule has 1 aliphatic carbocycles. The maximum absolute atomic E-state index is 9.47. The lowest BCUT2D eigenvalue weighted by Gasteiger charge is -2.20. The maximum Gasteiger partial charge on any atom is 0.152 e. The molecule has 0 bridgehead atoms. The third kappa shape index (κ3) is 2.29. The van der Waals surface area contributed by atoms with Gasteiger partial charge in [0.2, 0.25) is 0 Å². The van der Waals surface area contributed by atoms with Crippen LogP contribution >= 0.6 is 23.2 Å². The van der Waals surface area contributed by atoms with E-state index in [1.54, 1.807) is 12.1 Å². The zero-order valence-electron chi connectivity index (χ0n) is 8.92. The van der Waals surface area contributed by atoms with Crippen molar-refractivity contribution in [2.24, 2.45) is 11.7 Å². The van der Waals surface area contributed by atoms with E-state index in [0.29, 0.717) is 5.92 Å². The minimum absolute atomic E-state index is 0.0295. The molecule has 0 heterocycles. The molecule has 1 atom stereocenters. The molecule has 0 aliphatic heterocycles. The zero-order chi connectivity index (χ0) is 11.7. The average Bonchev–Trinajstić information content (AvgIpc) is 2.77. The van der Waals surface area contributed by atoms with Gasteiger partial charge in [0.1, 0.15) is 0 Å². The number of hydrogen-bond acceptors (Lipinski definition) is 2. The molecule has 4 heteroatoms. The highest BCUT2D eigenvalue weighted by atomic mass is 35.5. The van der Waals surface area contributed by atoms with E-state index in [0.717, 1.165) is 18.4 Å². The molecular weight excluding hydrogens is 245 g/mol. The first-order valence-electron chi connectivity index (χ1n) is 5.53. The van der Waals surface area contributed by atoms with Gasteiger partial charge in [-0.1, -0.05) is 36.0 Å². The second-order valence-corrected chi connectivity index (χ2v) is 5.22. The van der Waals surface area contributed by atoms with E-state index in [1.807, 2.05) is 0 Å². The van der Waals surface area contributed by atoms with Crippen LogP contribution in [0.1, 0.15) is 37.3 Å². The first-order valence-corrected chi connectivity index (χ1v) is 6.28. The van der Waals surface area contributed by atoms with Crippen molar-refractivity contribution in [3.8, 4) is 5.75 Å². The highest BCUT2D eigenvalue weighted by Crippen LogP contribution is 2.39. The van der Waals surface area contributed by atoms with Gasteiger partial charge in [0.05, 0.1) is 10.0 Å². The van der Waals surface area contributed by atoms with Crippen LogP contribution in [-0.4, -0.2) is 5.11 Å². The Bertz CT molecular complexity index is 366. The normalized spacial score (nSPS) is 18.9. The molecule has 2 nitrogen and oxygen atoms in total. The molecule has 1 saturated carbocycles. The standard InChI is InChI=1S/C12H15Cl2NO/c13-9-5-8(6-10(14)12(9)16)11(15)7-3-1-2-4-7/h5-7,11,16H,1-4,15H2/t11-/m1/s1. The fourth-order valence-electron chi connectivity index (χ4n) is 2.37. The predicted molar refractivity (Wildman–Crippen MR) is 67.0 cm³/mol. The molecule has 0 unspecified atom stereocenters. The number of hydrogen-bond donors (Lipinski definition) is 2. The number of rotatable bonds is 2. The van der Waals surface area contributed by atoms with Crippen molar-refractivity contribution < 1.29 is 5.11 Å². The Morgan fingerprint density at radius 1 is 1.19 bits per heavy atom. The molecule has 2 rings (SSSR count). The molecule has 0 amide bonds. The van der Waals surface area contributed by atoms with E-state index >= 15 is 0 Å². The number of aromatic hydroxyl groups is 1. The van der Waals surface area contributed by atoms with Crippen LogP contribution in [0.25, 0.3) is 0 Å². The van der Waals surface area contributed by atoms with Crippen molar-refractivity contribution in [2.45, 2.75) is 31.7 Å². The SMILES string of the molecule is N[C@@H](c1cc(Cl)c(O)c(Cl)c1)C1CCCC1. The number of phenolic OH excluding ortho intramolecular Hbond substituents is 1. The molecule has 1 aliphatic rings. The van der Waals surface area contributed by atoms with Gasteiger partial charge in [0.25, 0.3) is 0 Å². The predicted octanol–water partition coefficient (Wildman–Crippen LogP) is 3.89. The van der Waals surface area contributed by atoms with Crippen molar-refractivity contribution in [2.75, 3.05) is 0 Å². The van der Waals surface area contributed by atoms with Crippen molar-refractivity contribution in [1.82, 2.24) is 0 Å². The van der Waals surface area contributed by atoms with Crippen molar-refractivity contribution in [3.63, 3.8) is 0 Å². The molecule has 3 N–H and O–H groups in total. The van der Waals surface area contributed by atoms with E-state index in [2.05, 4.69) is 0 Å². The van der Waals surface area contributed by atoms with E-state index in [4.69, 9.17) is 28.9 Å². The van der Waals surface area contributed by atoms with E-state index in [9.17, 15) is 5.11 Å². The lowest BCUT2D eigenvalue weighted by molar-refractivity contribution is 0.443.